The minimum Gasteiger partial charge on any atom is -0.369 e. The van der Waals surface area contributed by atoms with Gasteiger partial charge in [0.25, 0.3) is 5.91 Å². The van der Waals surface area contributed by atoms with Crippen molar-refractivity contribution in [3.63, 3.8) is 0 Å². The molecule has 0 saturated heterocycles. The van der Waals surface area contributed by atoms with Crippen LogP contribution >= 0.6 is 11.3 Å². The summed E-state index contributed by atoms with van der Waals surface area (Å²) in [6.07, 6.45) is -0.367. The number of aryl methyl sites for hydroxylation is 1. The largest absolute Gasteiger partial charge is 0.369 e. The van der Waals surface area contributed by atoms with Crippen LogP contribution in [0.4, 0.5) is 0 Å². The molecule has 0 N–H and O–H groups in total. The molecule has 0 radical (unpaired) electrons. The molecule has 1 amide bonds. The number of ether oxygens (including phenoxy) is 1. The maximum atomic E-state index is 12.1. The molecule has 3 nitrogen and oxygen atoms in total. The number of rotatable bonds is 5. The number of carbonyl (C=O) groups is 1. The van der Waals surface area contributed by atoms with Gasteiger partial charge in [0.1, 0.15) is 6.10 Å². The van der Waals surface area contributed by atoms with Crippen LogP contribution in [0.3, 0.4) is 0 Å². The van der Waals surface area contributed by atoms with Crippen molar-refractivity contribution in [1.29, 1.82) is 0 Å². The Bertz CT molecular complexity index is 375. The summed E-state index contributed by atoms with van der Waals surface area (Å²) in [6, 6.07) is 4.27. The summed E-state index contributed by atoms with van der Waals surface area (Å²) >= 11 is 1.73. The SMILES string of the molecule is CCO[C@@H](C)C(=O)N(C)[C@@H](C)c1ccc(C)s1. The van der Waals surface area contributed by atoms with Gasteiger partial charge in [-0.1, -0.05) is 0 Å². The summed E-state index contributed by atoms with van der Waals surface area (Å²) in [7, 11) is 1.83. The van der Waals surface area contributed by atoms with Gasteiger partial charge in [0.05, 0.1) is 6.04 Å². The topological polar surface area (TPSA) is 29.5 Å². The van der Waals surface area contributed by atoms with Crippen molar-refractivity contribution in [2.45, 2.75) is 39.8 Å². The van der Waals surface area contributed by atoms with Crippen molar-refractivity contribution in [3.8, 4) is 0 Å². The highest BCUT2D eigenvalue weighted by atomic mass is 32.1. The summed E-state index contributed by atoms with van der Waals surface area (Å²) in [6.45, 7) is 8.38. The average molecular weight is 255 g/mol. The van der Waals surface area contributed by atoms with Crippen LogP contribution in [-0.4, -0.2) is 30.6 Å². The number of likely N-dealkylation sites (N-methyl/N-ethyl adjacent to an activating group) is 1. The highest BCUT2D eigenvalue weighted by Gasteiger charge is 2.23. The molecule has 4 heteroatoms. The van der Waals surface area contributed by atoms with Gasteiger partial charge in [-0.15, -0.1) is 11.3 Å². The third kappa shape index (κ3) is 3.54. The molecule has 2 atom stereocenters. The van der Waals surface area contributed by atoms with Crippen LogP contribution in [0.15, 0.2) is 12.1 Å². The van der Waals surface area contributed by atoms with Gasteiger partial charge in [0.2, 0.25) is 0 Å². The van der Waals surface area contributed by atoms with E-state index in [2.05, 4.69) is 19.1 Å². The first-order chi connectivity index (χ1) is 7.97. The Hall–Kier alpha value is -0.870. The van der Waals surface area contributed by atoms with Crippen LogP contribution in [-0.2, 0) is 9.53 Å². The third-order valence-corrected chi connectivity index (χ3v) is 4.04. The third-order valence-electron chi connectivity index (χ3n) is 2.87. The Balaban J connectivity index is 2.69. The number of hydrogen-bond donors (Lipinski definition) is 0. The Labute approximate surface area is 107 Å². The molecule has 0 saturated carbocycles. The van der Waals surface area contributed by atoms with E-state index in [9.17, 15) is 4.79 Å². The van der Waals surface area contributed by atoms with E-state index >= 15 is 0 Å². The van der Waals surface area contributed by atoms with E-state index in [4.69, 9.17) is 4.74 Å². The normalized spacial score (nSPS) is 14.4. The maximum Gasteiger partial charge on any atom is 0.251 e. The fourth-order valence-electron chi connectivity index (χ4n) is 1.67. The number of hydrogen-bond acceptors (Lipinski definition) is 3. The standard InChI is InChI=1S/C13H21NO2S/c1-6-16-11(4)13(15)14(5)10(3)12-8-7-9(2)17-12/h7-8,10-11H,6H2,1-5H3/t10-,11-/m0/s1. The number of amides is 1. The van der Waals surface area contributed by atoms with E-state index in [0.717, 1.165) is 0 Å². The quantitative estimate of drug-likeness (QED) is 0.809. The van der Waals surface area contributed by atoms with Gasteiger partial charge in [0.15, 0.2) is 0 Å². The van der Waals surface area contributed by atoms with Crippen LogP contribution < -0.4 is 0 Å². The van der Waals surface area contributed by atoms with Crippen LogP contribution in [0.25, 0.3) is 0 Å². The molecule has 17 heavy (non-hydrogen) atoms. The van der Waals surface area contributed by atoms with E-state index in [1.54, 1.807) is 23.2 Å². The number of nitrogens with zero attached hydrogens (tertiary/aromatic N) is 1. The van der Waals surface area contributed by atoms with Crippen molar-refractivity contribution in [2.75, 3.05) is 13.7 Å². The van der Waals surface area contributed by atoms with Crippen LogP contribution in [0.1, 0.15) is 36.6 Å². The molecule has 0 aliphatic carbocycles. The van der Waals surface area contributed by atoms with Crippen molar-refractivity contribution in [1.82, 2.24) is 4.90 Å². The smallest absolute Gasteiger partial charge is 0.251 e. The molecular weight excluding hydrogens is 234 g/mol. The fourth-order valence-corrected chi connectivity index (χ4v) is 2.64. The van der Waals surface area contributed by atoms with Gasteiger partial charge in [-0.3, -0.25) is 4.79 Å². The summed E-state index contributed by atoms with van der Waals surface area (Å²) in [5.74, 6) is 0.0328. The van der Waals surface area contributed by atoms with Crippen LogP contribution in [0.5, 0.6) is 0 Å². The lowest BCUT2D eigenvalue weighted by atomic mass is 10.2. The second-order valence-corrected chi connectivity index (χ2v) is 5.49. The molecule has 0 aliphatic rings. The average Bonchev–Trinajstić information content (AvgIpc) is 2.73. The van der Waals surface area contributed by atoms with Gasteiger partial charge >= 0.3 is 0 Å². The van der Waals surface area contributed by atoms with Crippen molar-refractivity contribution in [3.05, 3.63) is 21.9 Å². The zero-order valence-electron chi connectivity index (χ0n) is 11.2. The molecule has 0 spiro atoms. The molecule has 1 heterocycles. The lowest BCUT2D eigenvalue weighted by Gasteiger charge is -2.26. The Morgan fingerprint density at radius 3 is 2.59 bits per heavy atom. The second-order valence-electron chi connectivity index (χ2n) is 4.17. The predicted molar refractivity (Wildman–Crippen MR) is 71.3 cm³/mol. The Kier molecular flexibility index (Phi) is 5.15. The minimum atomic E-state index is -0.367. The molecule has 1 aromatic rings. The monoisotopic (exact) mass is 255 g/mol. The summed E-state index contributed by atoms with van der Waals surface area (Å²) in [5, 5.41) is 0. The van der Waals surface area contributed by atoms with Gasteiger partial charge < -0.3 is 9.64 Å². The molecule has 0 fully saturated rings. The van der Waals surface area contributed by atoms with Crippen LogP contribution in [0.2, 0.25) is 0 Å². The number of carbonyl (C=O) groups excluding carboxylic acids is 1. The fraction of sp³-hybridized carbons (Fsp3) is 0.615. The van der Waals surface area contributed by atoms with E-state index in [0.29, 0.717) is 6.61 Å². The highest BCUT2D eigenvalue weighted by molar-refractivity contribution is 7.12. The summed E-state index contributed by atoms with van der Waals surface area (Å²) < 4.78 is 5.33. The maximum absolute atomic E-state index is 12.1. The molecule has 0 aromatic carbocycles. The summed E-state index contributed by atoms with van der Waals surface area (Å²) in [4.78, 5) is 16.3. The molecule has 1 rings (SSSR count). The van der Waals surface area contributed by atoms with Crippen molar-refractivity contribution < 1.29 is 9.53 Å². The van der Waals surface area contributed by atoms with E-state index < -0.39 is 0 Å². The molecule has 0 aliphatic heterocycles. The molecule has 0 unspecified atom stereocenters. The highest BCUT2D eigenvalue weighted by Crippen LogP contribution is 2.26. The lowest BCUT2D eigenvalue weighted by Crippen LogP contribution is -2.37. The van der Waals surface area contributed by atoms with Gasteiger partial charge in [-0.2, -0.15) is 0 Å². The molecular formula is C13H21NO2S. The first-order valence-corrected chi connectivity index (χ1v) is 6.73. The summed E-state index contributed by atoms with van der Waals surface area (Å²) in [5.41, 5.74) is 0. The van der Waals surface area contributed by atoms with Gasteiger partial charge in [-0.05, 0) is 39.8 Å². The molecule has 1 aromatic heterocycles. The first kappa shape index (κ1) is 14.2. The Morgan fingerprint density at radius 2 is 2.12 bits per heavy atom. The second kappa shape index (κ2) is 6.17. The van der Waals surface area contributed by atoms with E-state index in [1.165, 1.54) is 9.75 Å². The zero-order chi connectivity index (χ0) is 13.0. The molecule has 96 valence electrons. The Morgan fingerprint density at radius 1 is 1.47 bits per heavy atom. The van der Waals surface area contributed by atoms with Crippen molar-refractivity contribution >= 4 is 17.2 Å². The van der Waals surface area contributed by atoms with Crippen molar-refractivity contribution in [2.24, 2.45) is 0 Å². The number of thiophene rings is 1. The van der Waals surface area contributed by atoms with E-state index in [1.807, 2.05) is 20.9 Å². The minimum absolute atomic E-state index is 0.0328. The first-order valence-electron chi connectivity index (χ1n) is 5.92. The zero-order valence-corrected chi connectivity index (χ0v) is 12.0. The van der Waals surface area contributed by atoms with E-state index in [-0.39, 0.29) is 18.1 Å². The van der Waals surface area contributed by atoms with Gasteiger partial charge in [0, 0.05) is 23.4 Å². The lowest BCUT2D eigenvalue weighted by molar-refractivity contribution is -0.142. The molecule has 0 bridgehead atoms. The predicted octanol–water partition coefficient (Wildman–Crippen LogP) is 3.00. The van der Waals surface area contributed by atoms with Gasteiger partial charge in [-0.25, -0.2) is 0 Å². The van der Waals surface area contributed by atoms with Crippen LogP contribution in [0, 0.1) is 6.92 Å².